The van der Waals surface area contributed by atoms with Crippen molar-refractivity contribution in [2.45, 2.75) is 77.0 Å². The van der Waals surface area contributed by atoms with E-state index in [4.69, 9.17) is 9.84 Å². The van der Waals surface area contributed by atoms with Crippen molar-refractivity contribution in [3.8, 4) is 5.75 Å². The van der Waals surface area contributed by atoms with E-state index in [2.05, 4.69) is 45.9 Å². The highest BCUT2D eigenvalue weighted by Gasteiger charge is 2.42. The zero-order valence-corrected chi connectivity index (χ0v) is 18.1. The third-order valence-corrected chi connectivity index (χ3v) is 6.70. The molecule has 0 aromatic heterocycles. The summed E-state index contributed by atoms with van der Waals surface area (Å²) in [5, 5.41) is 8.80. The number of benzene rings is 1. The van der Waals surface area contributed by atoms with Gasteiger partial charge in [-0.1, -0.05) is 45.9 Å². The first-order valence-electron chi connectivity index (χ1n) is 10.4. The Morgan fingerprint density at radius 1 is 1.18 bits per heavy atom. The van der Waals surface area contributed by atoms with Gasteiger partial charge in [0.1, 0.15) is 5.75 Å². The van der Waals surface area contributed by atoms with Gasteiger partial charge in [0.25, 0.3) is 0 Å². The van der Waals surface area contributed by atoms with Gasteiger partial charge >= 0.3 is 5.97 Å². The summed E-state index contributed by atoms with van der Waals surface area (Å²) >= 11 is 0. The van der Waals surface area contributed by atoms with Gasteiger partial charge in [-0.2, -0.15) is 0 Å². The van der Waals surface area contributed by atoms with Crippen molar-refractivity contribution in [3.63, 3.8) is 0 Å². The van der Waals surface area contributed by atoms with E-state index in [1.54, 1.807) is 7.11 Å². The molecule has 0 amide bonds. The van der Waals surface area contributed by atoms with Crippen LogP contribution in [0.3, 0.4) is 0 Å². The van der Waals surface area contributed by atoms with Crippen molar-refractivity contribution < 1.29 is 14.6 Å². The third-order valence-electron chi connectivity index (χ3n) is 6.70. The zero-order chi connectivity index (χ0) is 20.7. The third kappa shape index (κ3) is 4.19. The minimum atomic E-state index is -0.893. The molecule has 2 aliphatic rings. The fourth-order valence-electron chi connectivity index (χ4n) is 4.64. The van der Waals surface area contributed by atoms with Crippen LogP contribution < -0.4 is 4.74 Å². The van der Waals surface area contributed by atoms with Crippen molar-refractivity contribution >= 4 is 5.97 Å². The lowest BCUT2D eigenvalue weighted by atomic mass is 9.62. The predicted molar refractivity (Wildman–Crippen MR) is 114 cm³/mol. The van der Waals surface area contributed by atoms with Gasteiger partial charge in [-0.3, -0.25) is 0 Å². The molecule has 2 unspecified atom stereocenters. The van der Waals surface area contributed by atoms with Crippen molar-refractivity contribution in [2.75, 3.05) is 7.11 Å². The van der Waals surface area contributed by atoms with Crippen LogP contribution in [-0.4, -0.2) is 18.2 Å². The molecule has 0 heterocycles. The monoisotopic (exact) mass is 382 g/mol. The summed E-state index contributed by atoms with van der Waals surface area (Å²) in [6.07, 6.45) is 9.84. The average Bonchev–Trinajstić information content (AvgIpc) is 3.36. The Kier molecular flexibility index (Phi) is 5.49. The Morgan fingerprint density at radius 2 is 1.79 bits per heavy atom. The number of hydrogen-bond acceptors (Lipinski definition) is 2. The molecule has 2 atom stereocenters. The fourth-order valence-corrected chi connectivity index (χ4v) is 4.64. The van der Waals surface area contributed by atoms with E-state index in [1.807, 2.05) is 13.0 Å². The van der Waals surface area contributed by atoms with E-state index in [-0.39, 0.29) is 10.8 Å². The molecular weight excluding hydrogens is 348 g/mol. The van der Waals surface area contributed by atoms with E-state index in [0.29, 0.717) is 11.8 Å². The van der Waals surface area contributed by atoms with Gasteiger partial charge in [0.15, 0.2) is 0 Å². The van der Waals surface area contributed by atoms with Crippen LogP contribution in [0, 0.1) is 5.92 Å². The highest BCUT2D eigenvalue weighted by Crippen LogP contribution is 2.55. The number of carboxylic acid groups (broad SMARTS) is 1. The van der Waals surface area contributed by atoms with Crippen molar-refractivity contribution in [3.05, 3.63) is 52.6 Å². The molecule has 1 fully saturated rings. The minimum absolute atomic E-state index is 0.191. The summed E-state index contributed by atoms with van der Waals surface area (Å²) in [7, 11) is 1.78. The van der Waals surface area contributed by atoms with Crippen LogP contribution in [0.4, 0.5) is 0 Å². The average molecular weight is 383 g/mol. The zero-order valence-electron chi connectivity index (χ0n) is 18.1. The SMILES string of the molecule is COc1cc2c(cc1C1CC1CC=CC(C)=CC(=O)O)C(C)(C)CCC2(C)C. The lowest BCUT2D eigenvalue weighted by molar-refractivity contribution is -0.131. The van der Waals surface area contributed by atoms with Gasteiger partial charge in [0.05, 0.1) is 7.11 Å². The van der Waals surface area contributed by atoms with Crippen LogP contribution in [0.1, 0.15) is 82.9 Å². The second-order valence-electron chi connectivity index (χ2n) is 9.87. The molecule has 28 heavy (non-hydrogen) atoms. The maximum absolute atomic E-state index is 10.7. The summed E-state index contributed by atoms with van der Waals surface area (Å²) in [5.74, 6) is 1.29. The molecule has 3 heteroatoms. The van der Waals surface area contributed by atoms with E-state index in [0.717, 1.165) is 17.7 Å². The summed E-state index contributed by atoms with van der Waals surface area (Å²) < 4.78 is 5.82. The van der Waals surface area contributed by atoms with E-state index in [9.17, 15) is 4.79 Å². The second-order valence-corrected chi connectivity index (χ2v) is 9.87. The molecule has 152 valence electrons. The van der Waals surface area contributed by atoms with E-state index < -0.39 is 5.97 Å². The second kappa shape index (κ2) is 7.42. The normalized spacial score (nSPS) is 25.4. The molecule has 3 nitrogen and oxygen atoms in total. The highest BCUT2D eigenvalue weighted by molar-refractivity contribution is 5.81. The smallest absolute Gasteiger partial charge is 0.328 e. The number of fused-ring (bicyclic) bond motifs is 1. The van der Waals surface area contributed by atoms with Crippen LogP contribution in [-0.2, 0) is 15.6 Å². The standard InChI is InChI=1S/C25H34O3/c1-16(12-23(26)27)8-7-9-17-13-18(17)19-14-20-21(15-22(19)28-6)25(4,5)11-10-24(20,2)3/h7-8,12,14-15,17-18H,9-11,13H2,1-6H3,(H,26,27). The van der Waals surface area contributed by atoms with Gasteiger partial charge in [-0.25, -0.2) is 4.79 Å². The molecule has 1 N–H and O–H groups in total. The van der Waals surface area contributed by atoms with Crippen LogP contribution in [0.2, 0.25) is 0 Å². The lowest BCUT2D eigenvalue weighted by Crippen LogP contribution is -2.34. The lowest BCUT2D eigenvalue weighted by Gasteiger charge is -2.42. The molecule has 1 aromatic rings. The molecule has 1 aromatic carbocycles. The first kappa shape index (κ1) is 20.7. The molecule has 0 radical (unpaired) electrons. The minimum Gasteiger partial charge on any atom is -0.496 e. The molecule has 3 rings (SSSR count). The number of rotatable bonds is 6. The Balaban J connectivity index is 1.82. The number of aliphatic carboxylic acids is 1. The Morgan fingerprint density at radius 3 is 2.36 bits per heavy atom. The quantitative estimate of drug-likeness (QED) is 0.476. The Hall–Kier alpha value is -2.03. The summed E-state index contributed by atoms with van der Waals surface area (Å²) in [4.78, 5) is 10.7. The number of carboxylic acids is 1. The molecule has 0 spiro atoms. The molecule has 0 aliphatic heterocycles. The predicted octanol–water partition coefficient (Wildman–Crippen LogP) is 6.12. The number of hydrogen-bond donors (Lipinski definition) is 1. The van der Waals surface area contributed by atoms with Gasteiger partial charge in [0, 0.05) is 6.08 Å². The maximum atomic E-state index is 10.7. The molecule has 1 saturated carbocycles. The van der Waals surface area contributed by atoms with Gasteiger partial charge in [0.2, 0.25) is 0 Å². The molecule has 0 bridgehead atoms. The largest absolute Gasteiger partial charge is 0.496 e. The molecule has 0 saturated heterocycles. The van der Waals surface area contributed by atoms with Gasteiger partial charge < -0.3 is 9.84 Å². The van der Waals surface area contributed by atoms with Crippen LogP contribution in [0.15, 0.2) is 35.9 Å². The molecular formula is C25H34O3. The number of methoxy groups -OCH3 is 1. The van der Waals surface area contributed by atoms with Crippen molar-refractivity contribution in [1.82, 2.24) is 0 Å². The number of ether oxygens (including phenoxy) is 1. The first-order valence-corrected chi connectivity index (χ1v) is 10.4. The Bertz CT molecular complexity index is 826. The number of allylic oxidation sites excluding steroid dienone is 3. The van der Waals surface area contributed by atoms with E-state index >= 15 is 0 Å². The first-order chi connectivity index (χ1) is 13.0. The van der Waals surface area contributed by atoms with Crippen LogP contribution in [0.5, 0.6) is 5.75 Å². The van der Waals surface area contributed by atoms with Crippen molar-refractivity contribution in [1.29, 1.82) is 0 Å². The van der Waals surface area contributed by atoms with Crippen molar-refractivity contribution in [2.24, 2.45) is 5.92 Å². The van der Waals surface area contributed by atoms with Crippen LogP contribution in [0.25, 0.3) is 0 Å². The topological polar surface area (TPSA) is 46.5 Å². The van der Waals surface area contributed by atoms with E-state index in [1.165, 1.54) is 42.0 Å². The maximum Gasteiger partial charge on any atom is 0.328 e. The summed E-state index contributed by atoms with van der Waals surface area (Å²) in [5.41, 5.74) is 5.45. The van der Waals surface area contributed by atoms with Crippen LogP contribution >= 0.6 is 0 Å². The van der Waals surface area contributed by atoms with Gasteiger partial charge in [-0.15, -0.1) is 0 Å². The summed E-state index contributed by atoms with van der Waals surface area (Å²) in [6, 6.07) is 4.73. The van der Waals surface area contributed by atoms with Gasteiger partial charge in [-0.05, 0) is 83.6 Å². The molecule has 2 aliphatic carbocycles. The highest BCUT2D eigenvalue weighted by atomic mass is 16.5. The summed E-state index contributed by atoms with van der Waals surface area (Å²) in [6.45, 7) is 11.2. The number of carbonyl (C=O) groups is 1. The Labute approximate surface area is 169 Å². The fraction of sp³-hybridized carbons (Fsp3) is 0.560.